The third-order valence-corrected chi connectivity index (χ3v) is 6.26. The molecule has 0 unspecified atom stereocenters. The van der Waals surface area contributed by atoms with Crippen LogP contribution in [0.4, 0.5) is 23.5 Å². The van der Waals surface area contributed by atoms with Crippen molar-refractivity contribution in [2.45, 2.75) is 64.0 Å². The van der Waals surface area contributed by atoms with Gasteiger partial charge in [0.1, 0.15) is 0 Å². The lowest BCUT2D eigenvalue weighted by atomic mass is 9.93. The molecule has 1 saturated carbocycles. The van der Waals surface area contributed by atoms with Gasteiger partial charge in [-0.1, -0.05) is 25.5 Å². The highest BCUT2D eigenvalue weighted by Gasteiger charge is 2.20. The van der Waals surface area contributed by atoms with Gasteiger partial charge in [-0.05, 0) is 49.8 Å². The number of aliphatic hydroxyl groups excluding tert-OH is 1. The monoisotopic (exact) mass is 544 g/mol. The van der Waals surface area contributed by atoms with E-state index in [0.29, 0.717) is 57.4 Å². The van der Waals surface area contributed by atoms with Crippen LogP contribution in [0.15, 0.2) is 24.3 Å². The molecule has 2 aromatic rings. The van der Waals surface area contributed by atoms with Crippen molar-refractivity contribution >= 4 is 29.4 Å². The van der Waals surface area contributed by atoms with Crippen LogP contribution in [-0.2, 0) is 20.7 Å². The van der Waals surface area contributed by atoms with E-state index < -0.39 is 0 Å². The molecule has 0 atom stereocenters. The Morgan fingerprint density at radius 3 is 2.36 bits per heavy atom. The Kier molecular flexibility index (Phi) is 13.7. The molecule has 1 aromatic heterocycles. The number of carbonyl (C=O) groups excluding carboxylic acids is 1. The molecule has 0 bridgehead atoms. The summed E-state index contributed by atoms with van der Waals surface area (Å²) in [5.41, 5.74) is 7.06. The number of hydrogen-bond acceptors (Lipinski definition) is 11. The van der Waals surface area contributed by atoms with E-state index in [9.17, 15) is 9.90 Å². The molecule has 12 nitrogen and oxygen atoms in total. The van der Waals surface area contributed by atoms with Crippen LogP contribution in [0.5, 0.6) is 0 Å². The number of hydrogen-bond donors (Lipinski definition) is 6. The van der Waals surface area contributed by atoms with Crippen molar-refractivity contribution < 1.29 is 19.4 Å². The van der Waals surface area contributed by atoms with Crippen LogP contribution in [0.25, 0.3) is 0 Å². The molecule has 7 N–H and O–H groups in total. The molecule has 12 heteroatoms. The summed E-state index contributed by atoms with van der Waals surface area (Å²) in [6.45, 7) is 5.78. The van der Waals surface area contributed by atoms with Crippen molar-refractivity contribution in [1.29, 1.82) is 0 Å². The van der Waals surface area contributed by atoms with Gasteiger partial charge in [0.15, 0.2) is 0 Å². The smallest absolute Gasteiger partial charge is 0.233 e. The second kappa shape index (κ2) is 17.5. The molecule has 1 heterocycles. The molecule has 0 spiro atoms. The van der Waals surface area contributed by atoms with Gasteiger partial charge in [0.05, 0.1) is 39.0 Å². The number of benzene rings is 1. The first-order valence-electron chi connectivity index (χ1n) is 14.0. The number of nitrogens with one attached hydrogen (secondary N) is 4. The molecule has 1 aromatic carbocycles. The maximum Gasteiger partial charge on any atom is 0.233 e. The average molecular weight is 545 g/mol. The minimum absolute atomic E-state index is 0.0649. The number of rotatable bonds is 18. The van der Waals surface area contributed by atoms with Gasteiger partial charge in [0, 0.05) is 31.4 Å². The van der Waals surface area contributed by atoms with Crippen LogP contribution in [0.1, 0.15) is 51.0 Å². The van der Waals surface area contributed by atoms with Gasteiger partial charge in [0.25, 0.3) is 0 Å². The molecular weight excluding hydrogens is 500 g/mol. The summed E-state index contributed by atoms with van der Waals surface area (Å²) < 4.78 is 10.7. The molecule has 1 aliphatic rings. The molecule has 3 rings (SSSR count). The van der Waals surface area contributed by atoms with Gasteiger partial charge >= 0.3 is 0 Å². The van der Waals surface area contributed by atoms with Gasteiger partial charge in [-0.25, -0.2) is 0 Å². The zero-order valence-corrected chi connectivity index (χ0v) is 23.0. The van der Waals surface area contributed by atoms with Crippen molar-refractivity contribution in [1.82, 2.24) is 20.3 Å². The lowest BCUT2D eigenvalue weighted by molar-refractivity contribution is -0.120. The van der Waals surface area contributed by atoms with E-state index in [4.69, 9.17) is 15.2 Å². The topological polar surface area (TPSA) is 169 Å². The summed E-state index contributed by atoms with van der Waals surface area (Å²) in [6.07, 6.45) is 5.45. The quantitative estimate of drug-likeness (QED) is 0.152. The van der Waals surface area contributed by atoms with E-state index in [0.717, 1.165) is 56.3 Å². The highest BCUT2D eigenvalue weighted by Crippen LogP contribution is 2.22. The van der Waals surface area contributed by atoms with Crippen molar-refractivity contribution in [3.63, 3.8) is 0 Å². The minimum Gasteiger partial charge on any atom is -0.393 e. The first kappa shape index (κ1) is 30.5. The van der Waals surface area contributed by atoms with Crippen molar-refractivity contribution in [3.05, 3.63) is 29.8 Å². The van der Waals surface area contributed by atoms with E-state index >= 15 is 0 Å². The second-order valence-electron chi connectivity index (χ2n) is 9.60. The largest absolute Gasteiger partial charge is 0.393 e. The Morgan fingerprint density at radius 2 is 1.64 bits per heavy atom. The number of unbranched alkanes of at least 4 members (excludes halogenated alkanes) is 1. The molecule has 0 radical (unpaired) electrons. The number of anilines is 4. The molecule has 0 aliphatic heterocycles. The standard InChI is InChI=1S/C27H44N8O4/c1-2-3-13-30-25-33-26(35-27(34-25)32-22-8-10-23(36)11-9-22)31-21-6-4-20(5-7-21)19-24(37)29-14-16-39-18-17-38-15-12-28/h4-7,22-23,36H,2-3,8-19,28H2,1H3,(H,29,37)(H3,30,31,32,33,34,35). The van der Waals surface area contributed by atoms with Crippen LogP contribution in [0.2, 0.25) is 0 Å². The maximum atomic E-state index is 12.3. The number of aliphatic hydroxyl groups is 1. The van der Waals surface area contributed by atoms with E-state index in [1.807, 2.05) is 24.3 Å². The Bertz CT molecular complexity index is 971. The third-order valence-electron chi connectivity index (χ3n) is 6.26. The third kappa shape index (κ3) is 12.1. The Morgan fingerprint density at radius 1 is 0.949 bits per heavy atom. The number of amides is 1. The van der Waals surface area contributed by atoms with Crippen molar-refractivity contribution in [2.24, 2.45) is 5.73 Å². The number of aromatic nitrogens is 3. The van der Waals surface area contributed by atoms with Crippen LogP contribution in [0, 0.1) is 0 Å². The number of ether oxygens (including phenoxy) is 2. The first-order chi connectivity index (χ1) is 19.1. The van der Waals surface area contributed by atoms with Gasteiger partial charge in [-0.3, -0.25) is 4.79 Å². The zero-order chi connectivity index (χ0) is 27.7. The van der Waals surface area contributed by atoms with Gasteiger partial charge < -0.3 is 41.6 Å². The predicted molar refractivity (Wildman–Crippen MR) is 152 cm³/mol. The van der Waals surface area contributed by atoms with Crippen LogP contribution in [0.3, 0.4) is 0 Å². The van der Waals surface area contributed by atoms with Crippen molar-refractivity contribution in [3.8, 4) is 0 Å². The summed E-state index contributed by atoms with van der Waals surface area (Å²) in [6, 6.07) is 7.83. The Balaban J connectivity index is 1.49. The zero-order valence-electron chi connectivity index (χ0n) is 23.0. The van der Waals surface area contributed by atoms with Crippen LogP contribution >= 0.6 is 0 Å². The van der Waals surface area contributed by atoms with E-state index in [2.05, 4.69) is 43.1 Å². The Hall–Kier alpha value is -3.06. The fourth-order valence-electron chi connectivity index (χ4n) is 4.11. The molecule has 216 valence electrons. The minimum atomic E-state index is -0.217. The summed E-state index contributed by atoms with van der Waals surface area (Å²) >= 11 is 0. The fraction of sp³-hybridized carbons (Fsp3) is 0.630. The van der Waals surface area contributed by atoms with Crippen molar-refractivity contribution in [2.75, 3.05) is 62.0 Å². The number of carbonyl (C=O) groups is 1. The lowest BCUT2D eigenvalue weighted by Crippen LogP contribution is -2.29. The second-order valence-corrected chi connectivity index (χ2v) is 9.60. The summed E-state index contributed by atoms with van der Waals surface area (Å²) in [5.74, 6) is 1.39. The maximum absolute atomic E-state index is 12.3. The first-order valence-corrected chi connectivity index (χ1v) is 14.0. The fourth-order valence-corrected chi connectivity index (χ4v) is 4.11. The van der Waals surface area contributed by atoms with E-state index in [-0.39, 0.29) is 24.5 Å². The highest BCUT2D eigenvalue weighted by atomic mass is 16.5. The lowest BCUT2D eigenvalue weighted by Gasteiger charge is -2.26. The van der Waals surface area contributed by atoms with Gasteiger partial charge in [-0.2, -0.15) is 15.0 Å². The van der Waals surface area contributed by atoms with Gasteiger partial charge in [0.2, 0.25) is 23.8 Å². The number of nitrogens with two attached hydrogens (primary N) is 1. The molecular formula is C27H44N8O4. The molecule has 1 aliphatic carbocycles. The van der Waals surface area contributed by atoms with Gasteiger partial charge in [-0.15, -0.1) is 0 Å². The predicted octanol–water partition coefficient (Wildman–Crippen LogP) is 2.19. The molecule has 39 heavy (non-hydrogen) atoms. The normalized spacial score (nSPS) is 17.0. The van der Waals surface area contributed by atoms with E-state index in [1.54, 1.807) is 0 Å². The van der Waals surface area contributed by atoms with E-state index in [1.165, 1.54) is 0 Å². The summed E-state index contributed by atoms with van der Waals surface area (Å²) in [4.78, 5) is 25.9. The summed E-state index contributed by atoms with van der Waals surface area (Å²) in [5, 5.41) is 22.6. The Labute approximate surface area is 230 Å². The SMILES string of the molecule is CCCCNc1nc(Nc2ccc(CC(=O)NCCOCCOCCN)cc2)nc(NC2CCC(O)CC2)n1. The average Bonchev–Trinajstić information content (AvgIpc) is 2.93. The number of nitrogens with zero attached hydrogens (tertiary/aromatic N) is 3. The molecule has 0 saturated heterocycles. The van der Waals surface area contributed by atoms with Crippen LogP contribution < -0.4 is 27.0 Å². The molecule has 1 fully saturated rings. The molecule has 1 amide bonds. The highest BCUT2D eigenvalue weighted by molar-refractivity contribution is 5.78. The summed E-state index contributed by atoms with van der Waals surface area (Å²) in [7, 11) is 0. The van der Waals surface area contributed by atoms with Crippen LogP contribution in [-0.4, -0.2) is 84.2 Å².